The van der Waals surface area contributed by atoms with Crippen LogP contribution < -0.4 is 5.32 Å². The highest BCUT2D eigenvalue weighted by Crippen LogP contribution is 2.22. The monoisotopic (exact) mass is 278 g/mol. The molecule has 1 fully saturated rings. The number of ether oxygens (including phenoxy) is 1. The van der Waals surface area contributed by atoms with Crippen LogP contribution in [-0.2, 0) is 9.53 Å². The number of hydrogen-bond donors (Lipinski definition) is 2. The zero-order valence-corrected chi connectivity index (χ0v) is 11.3. The van der Waals surface area contributed by atoms with Crippen LogP contribution in [0, 0.1) is 0 Å². The minimum Gasteiger partial charge on any atom is -0.394 e. The maximum Gasteiger partial charge on any atom is 0.329 e. The van der Waals surface area contributed by atoms with E-state index in [-0.39, 0.29) is 12.7 Å². The third kappa shape index (κ3) is 5.03. The first kappa shape index (κ1) is 16.9. The number of carbonyl (C=O) groups is 2. The summed E-state index contributed by atoms with van der Waals surface area (Å²) in [6.07, 6.45) is 5.71. The van der Waals surface area contributed by atoms with Gasteiger partial charge in [-0.25, -0.2) is 4.79 Å². The fourth-order valence-corrected chi connectivity index (χ4v) is 1.61. The molecule has 3 amide bonds. The van der Waals surface area contributed by atoms with Gasteiger partial charge in [-0.3, -0.25) is 15.0 Å². The number of allylic oxidation sites excluding steroid dienone is 1. The fourth-order valence-electron chi connectivity index (χ4n) is 1.61. The topological polar surface area (TPSA) is 78.9 Å². The Hall–Kier alpha value is -1.11. The van der Waals surface area contributed by atoms with Crippen molar-refractivity contribution < 1.29 is 19.4 Å². The van der Waals surface area contributed by atoms with Gasteiger partial charge in [-0.1, -0.05) is 6.08 Å². The van der Waals surface area contributed by atoms with Crippen molar-refractivity contribution in [3.05, 3.63) is 12.3 Å². The molecule has 6 nitrogen and oxygen atoms in total. The van der Waals surface area contributed by atoms with Crippen LogP contribution in [0.1, 0.15) is 19.8 Å². The Kier molecular flexibility index (Phi) is 9.26. The lowest BCUT2D eigenvalue weighted by Gasteiger charge is -2.24. The molecule has 2 unspecified atom stereocenters. The van der Waals surface area contributed by atoms with Gasteiger partial charge in [0, 0.05) is 12.6 Å². The third-order valence-electron chi connectivity index (χ3n) is 2.33. The number of halogens is 1. The number of amides is 3. The van der Waals surface area contributed by atoms with E-state index in [1.54, 1.807) is 19.2 Å². The van der Waals surface area contributed by atoms with E-state index >= 15 is 0 Å². The molecule has 0 bridgehead atoms. The van der Waals surface area contributed by atoms with Crippen molar-refractivity contribution in [2.75, 3.05) is 13.0 Å². The van der Waals surface area contributed by atoms with E-state index in [0.29, 0.717) is 19.3 Å². The lowest BCUT2D eigenvalue weighted by molar-refractivity contribution is -0.109. The second-order valence-corrected chi connectivity index (χ2v) is 3.43. The lowest BCUT2D eigenvalue weighted by Crippen LogP contribution is -2.42. The molecule has 0 aliphatic carbocycles. The maximum atomic E-state index is 11.5. The number of urea groups is 1. The van der Waals surface area contributed by atoms with Crippen LogP contribution in [0.3, 0.4) is 0 Å². The Balaban J connectivity index is 0.00000137. The second-order valence-electron chi connectivity index (χ2n) is 3.43. The van der Waals surface area contributed by atoms with E-state index < -0.39 is 12.3 Å². The van der Waals surface area contributed by atoms with E-state index in [0.717, 1.165) is 0 Å². The summed E-state index contributed by atoms with van der Waals surface area (Å²) in [5.41, 5.74) is 0. The molecule has 1 rings (SSSR count). The van der Waals surface area contributed by atoms with Gasteiger partial charge in [-0.05, 0) is 19.8 Å². The summed E-state index contributed by atoms with van der Waals surface area (Å²) < 4.78 is 5.44. The highest BCUT2D eigenvalue weighted by atomic mass is 35.5. The molecule has 1 aliphatic rings. The Morgan fingerprint density at radius 3 is 2.67 bits per heavy atom. The van der Waals surface area contributed by atoms with Gasteiger partial charge in [-0.15, -0.1) is 11.6 Å². The predicted octanol–water partition coefficient (Wildman–Crippen LogP) is 1.04. The Labute approximate surface area is 112 Å². The van der Waals surface area contributed by atoms with E-state index in [4.69, 9.17) is 9.84 Å². The summed E-state index contributed by atoms with van der Waals surface area (Å²) in [5, 5.41) is 11.0. The highest BCUT2D eigenvalue weighted by Gasteiger charge is 2.31. The van der Waals surface area contributed by atoms with Crippen molar-refractivity contribution in [3.63, 3.8) is 0 Å². The molecule has 0 saturated carbocycles. The lowest BCUT2D eigenvalue weighted by atomic mass is 10.2. The van der Waals surface area contributed by atoms with Gasteiger partial charge in [0.25, 0.3) is 0 Å². The predicted molar refractivity (Wildman–Crippen MR) is 68.0 cm³/mol. The molecular formula is C11H19ClN2O4. The average Bonchev–Trinajstić information content (AvgIpc) is 2.87. The Morgan fingerprint density at radius 1 is 1.56 bits per heavy atom. The normalized spacial score (nSPS) is 22.2. The number of rotatable bonds is 4. The first-order valence-corrected chi connectivity index (χ1v) is 6.28. The van der Waals surface area contributed by atoms with E-state index in [1.165, 1.54) is 11.3 Å². The SMILES string of the molecule is C/C=C\N(C(=O)NC=O)C1CCC(CO)O1.CCl. The third-order valence-corrected chi connectivity index (χ3v) is 2.33. The molecule has 1 saturated heterocycles. The molecule has 1 heterocycles. The summed E-state index contributed by atoms with van der Waals surface area (Å²) in [6.45, 7) is 1.70. The molecule has 0 aromatic carbocycles. The van der Waals surface area contributed by atoms with Crippen molar-refractivity contribution in [1.82, 2.24) is 10.2 Å². The number of aliphatic hydroxyl groups excluding tert-OH is 1. The van der Waals surface area contributed by atoms with Crippen molar-refractivity contribution >= 4 is 24.0 Å². The zero-order chi connectivity index (χ0) is 14.0. The molecular weight excluding hydrogens is 260 g/mol. The van der Waals surface area contributed by atoms with Gasteiger partial charge < -0.3 is 9.84 Å². The van der Waals surface area contributed by atoms with Crippen LogP contribution in [-0.4, -0.2) is 47.8 Å². The van der Waals surface area contributed by atoms with Crippen LogP contribution in [0.4, 0.5) is 4.79 Å². The zero-order valence-electron chi connectivity index (χ0n) is 10.5. The minimum atomic E-state index is -0.531. The van der Waals surface area contributed by atoms with Gasteiger partial charge >= 0.3 is 6.03 Å². The largest absolute Gasteiger partial charge is 0.394 e. The van der Waals surface area contributed by atoms with E-state index in [2.05, 4.69) is 16.9 Å². The molecule has 0 aromatic heterocycles. The Morgan fingerprint density at radius 2 is 2.22 bits per heavy atom. The van der Waals surface area contributed by atoms with Gasteiger partial charge in [-0.2, -0.15) is 0 Å². The number of carbonyl (C=O) groups excluding carboxylic acids is 2. The van der Waals surface area contributed by atoms with Crippen molar-refractivity contribution in [2.24, 2.45) is 0 Å². The number of alkyl halides is 1. The first-order chi connectivity index (χ1) is 8.72. The second kappa shape index (κ2) is 9.87. The number of imide groups is 1. The smallest absolute Gasteiger partial charge is 0.329 e. The number of nitrogens with zero attached hydrogens (tertiary/aromatic N) is 1. The Bertz CT molecular complexity index is 286. The maximum absolute atomic E-state index is 11.5. The van der Waals surface area contributed by atoms with Crippen molar-refractivity contribution in [3.8, 4) is 0 Å². The number of nitrogens with one attached hydrogen (secondary N) is 1. The summed E-state index contributed by atoms with van der Waals surface area (Å²) >= 11 is 4.64. The van der Waals surface area contributed by atoms with Crippen LogP contribution in [0.25, 0.3) is 0 Å². The quantitative estimate of drug-likeness (QED) is 0.595. The molecule has 104 valence electrons. The summed E-state index contributed by atoms with van der Waals surface area (Å²) in [6, 6.07) is -0.531. The van der Waals surface area contributed by atoms with Crippen LogP contribution >= 0.6 is 11.6 Å². The molecule has 7 heteroatoms. The molecule has 1 aliphatic heterocycles. The van der Waals surface area contributed by atoms with Gasteiger partial charge in [0.1, 0.15) is 6.23 Å². The average molecular weight is 279 g/mol. The molecule has 2 atom stereocenters. The molecule has 18 heavy (non-hydrogen) atoms. The van der Waals surface area contributed by atoms with Crippen LogP contribution in [0.15, 0.2) is 12.3 Å². The number of aliphatic hydroxyl groups is 1. The van der Waals surface area contributed by atoms with Gasteiger partial charge in [0.2, 0.25) is 6.41 Å². The summed E-state index contributed by atoms with van der Waals surface area (Å²) in [7, 11) is 0. The molecule has 0 aromatic rings. The molecule has 2 N–H and O–H groups in total. The van der Waals surface area contributed by atoms with Crippen molar-refractivity contribution in [2.45, 2.75) is 32.1 Å². The fraction of sp³-hybridized carbons (Fsp3) is 0.636. The minimum absolute atomic E-state index is 0.0600. The van der Waals surface area contributed by atoms with E-state index in [9.17, 15) is 9.59 Å². The number of hydrogen-bond acceptors (Lipinski definition) is 4. The standard InChI is InChI=1S/C10H16N2O4.CH3Cl/c1-2-5-12(10(15)11-7-14)9-4-3-8(6-13)16-9;1-2/h2,5,7-9,13H,3-4,6H2,1H3,(H,11,14,15);1H3/b5-2-;. The molecule has 0 radical (unpaired) electrons. The van der Waals surface area contributed by atoms with Gasteiger partial charge in [0.15, 0.2) is 0 Å². The molecule has 0 spiro atoms. The first-order valence-electron chi connectivity index (χ1n) is 5.52. The van der Waals surface area contributed by atoms with E-state index in [1.807, 2.05) is 0 Å². The summed E-state index contributed by atoms with van der Waals surface area (Å²) in [5.74, 6) is 0. The summed E-state index contributed by atoms with van der Waals surface area (Å²) in [4.78, 5) is 23.0. The van der Waals surface area contributed by atoms with Crippen molar-refractivity contribution in [1.29, 1.82) is 0 Å². The van der Waals surface area contributed by atoms with Gasteiger partial charge in [0.05, 0.1) is 12.7 Å². The highest BCUT2D eigenvalue weighted by molar-refractivity contribution is 6.15. The van der Waals surface area contributed by atoms with Crippen LogP contribution in [0.2, 0.25) is 0 Å². The van der Waals surface area contributed by atoms with Crippen LogP contribution in [0.5, 0.6) is 0 Å².